The Balaban J connectivity index is 1.64. The maximum absolute atomic E-state index is 11.7. The molecule has 0 bridgehead atoms. The molecule has 1 aromatic carbocycles. The van der Waals surface area contributed by atoms with Gasteiger partial charge in [-0.05, 0) is 12.1 Å². The van der Waals surface area contributed by atoms with Gasteiger partial charge in [0.05, 0.1) is 6.54 Å². The monoisotopic (exact) mass is 285 g/mol. The molecule has 0 aliphatic heterocycles. The topological polar surface area (TPSA) is 136 Å². The van der Waals surface area contributed by atoms with Gasteiger partial charge < -0.3 is 15.5 Å². The number of anilines is 1. The minimum absolute atomic E-state index is 0.00399. The summed E-state index contributed by atoms with van der Waals surface area (Å²) < 4.78 is 5.45. The summed E-state index contributed by atoms with van der Waals surface area (Å²) in [6, 6.07) is 9.34. The fourth-order valence-corrected chi connectivity index (χ4v) is 1.64. The lowest BCUT2D eigenvalue weighted by atomic mass is 10.2. The molecule has 106 valence electrons. The summed E-state index contributed by atoms with van der Waals surface area (Å²) in [7, 11) is 0. The zero-order chi connectivity index (χ0) is 14.7. The van der Waals surface area contributed by atoms with Gasteiger partial charge in [-0.2, -0.15) is 4.98 Å². The van der Waals surface area contributed by atoms with Crippen molar-refractivity contribution >= 4 is 11.9 Å². The molecule has 3 rings (SSSR count). The van der Waals surface area contributed by atoms with Crippen LogP contribution >= 0.6 is 0 Å². The number of nitrogens with two attached hydrogens (primary N) is 1. The summed E-state index contributed by atoms with van der Waals surface area (Å²) in [6.07, 6.45) is 0. The molecule has 0 aliphatic carbocycles. The average Bonchev–Trinajstić information content (AvgIpc) is 3.15. The number of nitrogens with zero attached hydrogens (tertiary/aromatic N) is 4. The van der Waals surface area contributed by atoms with Crippen molar-refractivity contribution in [3.63, 3.8) is 0 Å². The van der Waals surface area contributed by atoms with Gasteiger partial charge in [0.2, 0.25) is 23.6 Å². The van der Waals surface area contributed by atoms with Crippen molar-refractivity contribution in [2.45, 2.75) is 6.54 Å². The fourth-order valence-electron chi connectivity index (χ4n) is 1.64. The maximum Gasteiger partial charge on any atom is 0.289 e. The molecule has 1 amide bonds. The number of hydrogen-bond donors (Lipinski definition) is 3. The normalized spacial score (nSPS) is 10.5. The fraction of sp³-hybridized carbons (Fsp3) is 0.0833. The number of nitrogen functional groups attached to an aromatic ring is 1. The van der Waals surface area contributed by atoms with Gasteiger partial charge in [-0.15, -0.1) is 15.3 Å². The van der Waals surface area contributed by atoms with Crippen LogP contribution in [0.15, 0.2) is 34.7 Å². The van der Waals surface area contributed by atoms with Crippen LogP contribution in [0.5, 0.6) is 0 Å². The lowest BCUT2D eigenvalue weighted by Crippen LogP contribution is -2.24. The first-order valence-corrected chi connectivity index (χ1v) is 6.06. The smallest absolute Gasteiger partial charge is 0.289 e. The first-order valence-electron chi connectivity index (χ1n) is 6.06. The van der Waals surface area contributed by atoms with Crippen LogP contribution in [-0.2, 0) is 6.54 Å². The molecule has 4 N–H and O–H groups in total. The lowest BCUT2D eigenvalue weighted by molar-refractivity contribution is 0.0937. The molecule has 0 fully saturated rings. The summed E-state index contributed by atoms with van der Waals surface area (Å²) in [6.45, 7) is 0.0826. The number of aromatic nitrogens is 5. The molecular formula is C12H11N7O2. The number of carbonyl (C=O) groups excluding carboxylic acids is 1. The van der Waals surface area contributed by atoms with Gasteiger partial charge in [-0.3, -0.25) is 9.89 Å². The van der Waals surface area contributed by atoms with Gasteiger partial charge in [0.25, 0.3) is 5.91 Å². The first kappa shape index (κ1) is 12.8. The van der Waals surface area contributed by atoms with E-state index in [0.717, 1.165) is 5.56 Å². The lowest BCUT2D eigenvalue weighted by Gasteiger charge is -1.98. The molecule has 3 aromatic rings. The van der Waals surface area contributed by atoms with Crippen molar-refractivity contribution in [1.82, 2.24) is 30.7 Å². The predicted molar refractivity (Wildman–Crippen MR) is 71.7 cm³/mol. The van der Waals surface area contributed by atoms with Crippen molar-refractivity contribution < 1.29 is 9.21 Å². The van der Waals surface area contributed by atoms with E-state index in [4.69, 9.17) is 10.2 Å². The molecule has 0 aliphatic rings. The Labute approximate surface area is 118 Å². The number of carbonyl (C=O) groups is 1. The van der Waals surface area contributed by atoms with Gasteiger partial charge in [-0.25, -0.2) is 0 Å². The van der Waals surface area contributed by atoms with Crippen LogP contribution in [0.1, 0.15) is 16.5 Å². The van der Waals surface area contributed by atoms with Gasteiger partial charge in [0, 0.05) is 5.56 Å². The van der Waals surface area contributed by atoms with Crippen LogP contribution in [0.3, 0.4) is 0 Å². The van der Waals surface area contributed by atoms with E-state index >= 15 is 0 Å². The summed E-state index contributed by atoms with van der Waals surface area (Å²) in [5, 5.41) is 16.3. The Bertz CT molecular complexity index is 750. The zero-order valence-electron chi connectivity index (χ0n) is 10.8. The molecule has 0 saturated carbocycles. The highest BCUT2D eigenvalue weighted by Gasteiger charge is 2.13. The van der Waals surface area contributed by atoms with Gasteiger partial charge in [0.15, 0.2) is 0 Å². The van der Waals surface area contributed by atoms with E-state index in [1.54, 1.807) is 0 Å². The van der Waals surface area contributed by atoms with Crippen molar-refractivity contribution in [1.29, 1.82) is 0 Å². The molecule has 2 heterocycles. The van der Waals surface area contributed by atoms with Crippen LogP contribution in [0, 0.1) is 0 Å². The molecule has 0 saturated heterocycles. The molecule has 9 nitrogen and oxygen atoms in total. The Morgan fingerprint density at radius 1 is 1.29 bits per heavy atom. The van der Waals surface area contributed by atoms with Crippen LogP contribution in [0.25, 0.3) is 11.5 Å². The third-order valence-corrected chi connectivity index (χ3v) is 2.61. The highest BCUT2D eigenvalue weighted by atomic mass is 16.4. The van der Waals surface area contributed by atoms with Crippen LogP contribution in [-0.4, -0.2) is 31.3 Å². The van der Waals surface area contributed by atoms with E-state index in [1.807, 2.05) is 30.3 Å². The van der Waals surface area contributed by atoms with Crippen molar-refractivity contribution in [2.75, 3.05) is 5.73 Å². The Hall–Kier alpha value is -3.23. The molecule has 2 aromatic heterocycles. The second-order valence-electron chi connectivity index (χ2n) is 4.09. The van der Waals surface area contributed by atoms with E-state index in [1.165, 1.54) is 0 Å². The van der Waals surface area contributed by atoms with Crippen LogP contribution < -0.4 is 11.1 Å². The molecule has 0 atom stereocenters. The molecular weight excluding hydrogens is 274 g/mol. The van der Waals surface area contributed by atoms with E-state index in [2.05, 4.69) is 30.7 Å². The largest absolute Gasteiger partial charge is 0.419 e. The SMILES string of the molecule is Nc1n[nH]c(C(=O)NCc2nnc(-c3ccccc3)o2)n1. The number of aromatic amines is 1. The van der Waals surface area contributed by atoms with E-state index in [0.29, 0.717) is 5.89 Å². The molecule has 0 unspecified atom stereocenters. The Morgan fingerprint density at radius 2 is 2.10 bits per heavy atom. The highest BCUT2D eigenvalue weighted by Crippen LogP contribution is 2.16. The highest BCUT2D eigenvalue weighted by molar-refractivity contribution is 5.90. The number of nitrogens with one attached hydrogen (secondary N) is 2. The van der Waals surface area contributed by atoms with E-state index < -0.39 is 5.91 Å². The second-order valence-corrected chi connectivity index (χ2v) is 4.09. The number of benzene rings is 1. The van der Waals surface area contributed by atoms with E-state index in [9.17, 15) is 4.79 Å². The summed E-state index contributed by atoms with van der Waals surface area (Å²) in [4.78, 5) is 15.4. The standard InChI is InChI=1S/C12H11N7O2/c13-12-15-9(17-19-12)10(20)14-6-8-16-18-11(21-8)7-4-2-1-3-5-7/h1-5H,6H2,(H,14,20)(H3,13,15,17,19). The summed E-state index contributed by atoms with van der Waals surface area (Å²) in [5.74, 6) is 0.247. The predicted octanol–water partition coefficient (Wildman–Crippen LogP) is 0.367. The van der Waals surface area contributed by atoms with Crippen LogP contribution in [0.4, 0.5) is 5.95 Å². The van der Waals surface area contributed by atoms with Crippen molar-refractivity contribution in [3.05, 3.63) is 42.0 Å². The molecule has 21 heavy (non-hydrogen) atoms. The molecule has 0 radical (unpaired) electrons. The maximum atomic E-state index is 11.7. The number of H-pyrrole nitrogens is 1. The molecule has 0 spiro atoms. The molecule has 9 heteroatoms. The average molecular weight is 285 g/mol. The number of amides is 1. The van der Waals surface area contributed by atoms with Crippen molar-refractivity contribution in [2.24, 2.45) is 0 Å². The van der Waals surface area contributed by atoms with Gasteiger partial charge in [-0.1, -0.05) is 18.2 Å². The number of rotatable bonds is 4. The first-order chi connectivity index (χ1) is 10.2. The zero-order valence-corrected chi connectivity index (χ0v) is 10.8. The van der Waals surface area contributed by atoms with Crippen LogP contribution in [0.2, 0.25) is 0 Å². The quantitative estimate of drug-likeness (QED) is 0.629. The summed E-state index contributed by atoms with van der Waals surface area (Å²) in [5.41, 5.74) is 6.13. The Kier molecular flexibility index (Phi) is 3.29. The minimum atomic E-state index is -0.460. The summed E-state index contributed by atoms with van der Waals surface area (Å²) >= 11 is 0. The minimum Gasteiger partial charge on any atom is -0.419 e. The van der Waals surface area contributed by atoms with Gasteiger partial charge in [0.1, 0.15) is 0 Å². The third-order valence-electron chi connectivity index (χ3n) is 2.61. The van der Waals surface area contributed by atoms with E-state index in [-0.39, 0.29) is 24.2 Å². The third kappa shape index (κ3) is 2.86. The Morgan fingerprint density at radius 3 is 2.81 bits per heavy atom. The second kappa shape index (κ2) is 5.41. The van der Waals surface area contributed by atoms with Crippen molar-refractivity contribution in [3.8, 4) is 11.5 Å². The van der Waals surface area contributed by atoms with Gasteiger partial charge >= 0.3 is 0 Å². The number of hydrogen-bond acceptors (Lipinski definition) is 7.